The molecule has 2 saturated carbocycles. The fraction of sp³-hybridized carbons (Fsp3) is 0.923. The minimum absolute atomic E-state index is 0.325. The average Bonchev–Trinajstić information content (AvgIpc) is 2.60. The molecule has 3 heteroatoms. The van der Waals surface area contributed by atoms with E-state index in [0.717, 1.165) is 0 Å². The van der Waals surface area contributed by atoms with Crippen LogP contribution >= 0.6 is 11.8 Å². The maximum absolute atomic E-state index is 5.01. The molecule has 2 fully saturated rings. The van der Waals surface area contributed by atoms with Crippen molar-refractivity contribution in [2.24, 2.45) is 4.99 Å². The highest BCUT2D eigenvalue weighted by atomic mass is 32.2. The predicted octanol–water partition coefficient (Wildman–Crippen LogP) is 3.32. The van der Waals surface area contributed by atoms with Crippen molar-refractivity contribution < 1.29 is 0 Å². The molecule has 1 spiro atoms. The minimum Gasteiger partial charge on any atom is -0.360 e. The maximum atomic E-state index is 5.01. The van der Waals surface area contributed by atoms with Crippen LogP contribution in [0.15, 0.2) is 4.99 Å². The van der Waals surface area contributed by atoms with E-state index in [4.69, 9.17) is 4.99 Å². The van der Waals surface area contributed by atoms with Crippen molar-refractivity contribution in [2.75, 3.05) is 5.75 Å². The summed E-state index contributed by atoms with van der Waals surface area (Å²) in [4.78, 5) is 5.01. The van der Waals surface area contributed by atoms with Crippen LogP contribution in [0.1, 0.15) is 58.3 Å². The second-order valence-corrected chi connectivity index (χ2v) is 6.99. The number of nitrogens with zero attached hydrogens (tertiary/aromatic N) is 1. The number of aliphatic imine (C=N–C) groups is 1. The van der Waals surface area contributed by atoms with Crippen LogP contribution in [0.25, 0.3) is 0 Å². The molecule has 90 valence electrons. The van der Waals surface area contributed by atoms with Crippen LogP contribution in [0.3, 0.4) is 0 Å². The molecule has 1 heterocycles. The highest BCUT2D eigenvalue weighted by Gasteiger charge is 2.39. The quantitative estimate of drug-likeness (QED) is 0.758. The Kier molecular flexibility index (Phi) is 2.69. The van der Waals surface area contributed by atoms with Crippen LogP contribution in [-0.4, -0.2) is 22.0 Å². The summed E-state index contributed by atoms with van der Waals surface area (Å²) in [6.45, 7) is 2.34. The van der Waals surface area contributed by atoms with Gasteiger partial charge in [0.15, 0.2) is 5.17 Å². The molecule has 1 N–H and O–H groups in total. The van der Waals surface area contributed by atoms with Gasteiger partial charge in [0.2, 0.25) is 0 Å². The zero-order valence-electron chi connectivity index (χ0n) is 10.2. The molecule has 3 rings (SSSR count). The number of thioether (sulfide) groups is 1. The van der Waals surface area contributed by atoms with Gasteiger partial charge in [0.25, 0.3) is 0 Å². The third-order valence-electron chi connectivity index (χ3n) is 4.47. The molecule has 0 aromatic carbocycles. The first-order valence-electron chi connectivity index (χ1n) is 6.71. The molecule has 0 aromatic rings. The first-order valence-corrected chi connectivity index (χ1v) is 7.69. The Labute approximate surface area is 103 Å². The van der Waals surface area contributed by atoms with Crippen LogP contribution in [0.5, 0.6) is 0 Å². The van der Waals surface area contributed by atoms with Crippen molar-refractivity contribution in [1.29, 1.82) is 0 Å². The smallest absolute Gasteiger partial charge is 0.157 e. The average molecular weight is 238 g/mol. The summed E-state index contributed by atoms with van der Waals surface area (Å²) >= 11 is 1.96. The molecule has 0 saturated heterocycles. The van der Waals surface area contributed by atoms with Gasteiger partial charge >= 0.3 is 0 Å². The second-order valence-electron chi connectivity index (χ2n) is 6.03. The summed E-state index contributed by atoms with van der Waals surface area (Å²) < 4.78 is 0. The molecular weight excluding hydrogens is 216 g/mol. The van der Waals surface area contributed by atoms with E-state index in [1.54, 1.807) is 0 Å². The van der Waals surface area contributed by atoms with Gasteiger partial charge in [-0.3, -0.25) is 4.99 Å². The molecule has 0 unspecified atom stereocenters. The van der Waals surface area contributed by atoms with Crippen molar-refractivity contribution in [3.05, 3.63) is 0 Å². The summed E-state index contributed by atoms with van der Waals surface area (Å²) in [5, 5.41) is 4.92. The Balaban J connectivity index is 1.66. The van der Waals surface area contributed by atoms with Crippen LogP contribution in [-0.2, 0) is 0 Å². The third-order valence-corrected chi connectivity index (χ3v) is 5.61. The summed E-state index contributed by atoms with van der Waals surface area (Å²) in [5.74, 6) is 1.23. The van der Waals surface area contributed by atoms with Gasteiger partial charge in [0.05, 0.1) is 5.54 Å². The standard InChI is InChI=1S/C13H22N2S/c1-12(6-5-7-12)14-11-15-13(10-16-11)8-3-2-4-9-13/h2-10H2,1H3,(H,14,15). The largest absolute Gasteiger partial charge is 0.360 e. The van der Waals surface area contributed by atoms with E-state index >= 15 is 0 Å². The first kappa shape index (κ1) is 10.9. The monoisotopic (exact) mass is 238 g/mol. The van der Waals surface area contributed by atoms with E-state index in [2.05, 4.69) is 12.2 Å². The van der Waals surface area contributed by atoms with Gasteiger partial charge in [-0.05, 0) is 39.0 Å². The normalized spacial score (nSPS) is 30.9. The van der Waals surface area contributed by atoms with Gasteiger partial charge in [-0.25, -0.2) is 0 Å². The Bertz CT molecular complexity index is 301. The lowest BCUT2D eigenvalue weighted by Crippen LogP contribution is -2.49. The third kappa shape index (κ3) is 1.99. The summed E-state index contributed by atoms with van der Waals surface area (Å²) in [7, 11) is 0. The lowest BCUT2D eigenvalue weighted by molar-refractivity contribution is 0.244. The fourth-order valence-electron chi connectivity index (χ4n) is 3.10. The molecule has 0 bridgehead atoms. The number of hydrogen-bond acceptors (Lipinski definition) is 3. The van der Waals surface area contributed by atoms with Gasteiger partial charge in [0.1, 0.15) is 0 Å². The number of amidine groups is 1. The topological polar surface area (TPSA) is 24.4 Å². The van der Waals surface area contributed by atoms with Crippen molar-refractivity contribution in [3.63, 3.8) is 0 Å². The van der Waals surface area contributed by atoms with Crippen LogP contribution in [0, 0.1) is 0 Å². The highest BCUT2D eigenvalue weighted by Crippen LogP contribution is 2.40. The fourth-order valence-corrected chi connectivity index (χ4v) is 4.44. The van der Waals surface area contributed by atoms with E-state index in [1.165, 1.54) is 62.3 Å². The van der Waals surface area contributed by atoms with Gasteiger partial charge < -0.3 is 5.32 Å². The van der Waals surface area contributed by atoms with Crippen LogP contribution in [0.4, 0.5) is 0 Å². The molecule has 0 atom stereocenters. The van der Waals surface area contributed by atoms with Crippen molar-refractivity contribution in [2.45, 2.75) is 69.4 Å². The first-order chi connectivity index (χ1) is 7.70. The van der Waals surface area contributed by atoms with Crippen molar-refractivity contribution >= 4 is 16.9 Å². The number of nitrogens with one attached hydrogen (secondary N) is 1. The molecule has 2 nitrogen and oxygen atoms in total. The molecule has 1 aliphatic heterocycles. The van der Waals surface area contributed by atoms with Crippen LogP contribution in [0.2, 0.25) is 0 Å². The SMILES string of the molecule is CC1(NC2=NC3(CCCCC3)CS2)CCC1. The van der Waals surface area contributed by atoms with Gasteiger partial charge in [-0.15, -0.1) is 0 Å². The number of hydrogen-bond donors (Lipinski definition) is 1. The molecule has 3 aliphatic rings. The summed E-state index contributed by atoms with van der Waals surface area (Å²) in [6, 6.07) is 0. The van der Waals surface area contributed by atoms with E-state index < -0.39 is 0 Å². The predicted molar refractivity (Wildman–Crippen MR) is 71.1 cm³/mol. The molecular formula is C13H22N2S. The zero-order valence-corrected chi connectivity index (χ0v) is 11.0. The van der Waals surface area contributed by atoms with E-state index in [9.17, 15) is 0 Å². The Morgan fingerprint density at radius 2 is 1.81 bits per heavy atom. The van der Waals surface area contributed by atoms with E-state index in [0.29, 0.717) is 11.1 Å². The lowest BCUT2D eigenvalue weighted by atomic mass is 9.79. The molecule has 0 radical (unpaired) electrons. The molecule has 16 heavy (non-hydrogen) atoms. The van der Waals surface area contributed by atoms with Gasteiger partial charge in [-0.2, -0.15) is 0 Å². The summed E-state index contributed by atoms with van der Waals surface area (Å²) in [5.41, 5.74) is 0.692. The van der Waals surface area contributed by atoms with Gasteiger partial charge in [-0.1, -0.05) is 31.0 Å². The van der Waals surface area contributed by atoms with E-state index in [1.807, 2.05) is 11.8 Å². The molecule has 2 aliphatic carbocycles. The van der Waals surface area contributed by atoms with E-state index in [-0.39, 0.29) is 0 Å². The highest BCUT2D eigenvalue weighted by molar-refractivity contribution is 8.14. The Morgan fingerprint density at radius 1 is 1.06 bits per heavy atom. The number of rotatable bonds is 1. The Morgan fingerprint density at radius 3 is 2.44 bits per heavy atom. The van der Waals surface area contributed by atoms with Gasteiger partial charge in [0, 0.05) is 11.3 Å². The Hall–Kier alpha value is -0.180. The summed E-state index contributed by atoms with van der Waals surface area (Å²) in [6.07, 6.45) is 10.8. The lowest BCUT2D eigenvalue weighted by Gasteiger charge is -2.39. The zero-order chi connectivity index (χ0) is 11.1. The minimum atomic E-state index is 0.325. The van der Waals surface area contributed by atoms with Crippen molar-refractivity contribution in [3.8, 4) is 0 Å². The maximum Gasteiger partial charge on any atom is 0.157 e. The van der Waals surface area contributed by atoms with Crippen molar-refractivity contribution in [1.82, 2.24) is 5.32 Å². The second kappa shape index (κ2) is 3.94. The van der Waals surface area contributed by atoms with Crippen LogP contribution < -0.4 is 5.32 Å². The molecule has 0 aromatic heterocycles. The molecule has 0 amide bonds.